The average Bonchev–Trinajstić information content (AvgIpc) is 2.73. The number of thioether (sulfide) groups is 1. The molecule has 98 valence electrons. The summed E-state index contributed by atoms with van der Waals surface area (Å²) in [5.41, 5.74) is 6.38. The van der Waals surface area contributed by atoms with E-state index in [1.54, 1.807) is 23.1 Å². The summed E-state index contributed by atoms with van der Waals surface area (Å²) in [7, 11) is 0. The summed E-state index contributed by atoms with van der Waals surface area (Å²) >= 11 is 3.28. The van der Waals surface area contributed by atoms with Gasteiger partial charge < -0.3 is 11.1 Å². The molecule has 1 rings (SSSR count). The second kappa shape index (κ2) is 8.20. The predicted molar refractivity (Wildman–Crippen MR) is 79.7 cm³/mol. The standard InChI is InChI=1S/C13H18N2OS2/c1-10(2)15-13(16)9-17-8-12-11(4-3-6-14)5-7-18-12/h5,7,10H,6,8-9,14H2,1-2H3,(H,15,16). The summed E-state index contributed by atoms with van der Waals surface area (Å²) in [6.07, 6.45) is 0. The van der Waals surface area contributed by atoms with Crippen LogP contribution in [0.2, 0.25) is 0 Å². The molecule has 1 aromatic heterocycles. The Labute approximate surface area is 117 Å². The van der Waals surface area contributed by atoms with Gasteiger partial charge in [0.2, 0.25) is 5.91 Å². The van der Waals surface area contributed by atoms with Gasteiger partial charge in [0.15, 0.2) is 0 Å². The van der Waals surface area contributed by atoms with Gasteiger partial charge in [0.25, 0.3) is 0 Å². The van der Waals surface area contributed by atoms with E-state index < -0.39 is 0 Å². The van der Waals surface area contributed by atoms with Crippen LogP contribution in [0.15, 0.2) is 11.4 Å². The van der Waals surface area contributed by atoms with Gasteiger partial charge in [-0.25, -0.2) is 0 Å². The van der Waals surface area contributed by atoms with Crippen molar-refractivity contribution in [2.45, 2.75) is 25.6 Å². The zero-order chi connectivity index (χ0) is 13.4. The number of nitrogens with two attached hydrogens (primary N) is 1. The van der Waals surface area contributed by atoms with Crippen molar-refractivity contribution >= 4 is 29.0 Å². The minimum absolute atomic E-state index is 0.0844. The Bertz CT molecular complexity index is 443. The van der Waals surface area contributed by atoms with Crippen LogP contribution in [-0.2, 0) is 10.5 Å². The molecule has 0 aliphatic carbocycles. The van der Waals surface area contributed by atoms with Crippen molar-refractivity contribution in [1.82, 2.24) is 5.32 Å². The third-order valence-corrected chi connectivity index (χ3v) is 4.05. The van der Waals surface area contributed by atoms with Gasteiger partial charge in [0, 0.05) is 22.2 Å². The van der Waals surface area contributed by atoms with Crippen LogP contribution < -0.4 is 11.1 Å². The minimum atomic E-state index is 0.0844. The number of hydrogen-bond donors (Lipinski definition) is 2. The first-order valence-electron chi connectivity index (χ1n) is 5.76. The third kappa shape index (κ3) is 5.58. The highest BCUT2D eigenvalue weighted by Crippen LogP contribution is 2.21. The molecular formula is C13H18N2OS2. The van der Waals surface area contributed by atoms with E-state index in [1.807, 2.05) is 25.3 Å². The maximum Gasteiger partial charge on any atom is 0.230 e. The Morgan fingerprint density at radius 3 is 3.06 bits per heavy atom. The molecule has 0 fully saturated rings. The van der Waals surface area contributed by atoms with Crippen molar-refractivity contribution in [1.29, 1.82) is 0 Å². The van der Waals surface area contributed by atoms with Gasteiger partial charge in [0.05, 0.1) is 12.3 Å². The largest absolute Gasteiger partial charge is 0.353 e. The predicted octanol–water partition coefficient (Wildman–Crippen LogP) is 1.82. The Hall–Kier alpha value is -0.960. The average molecular weight is 282 g/mol. The zero-order valence-corrected chi connectivity index (χ0v) is 12.3. The van der Waals surface area contributed by atoms with E-state index in [0.29, 0.717) is 12.3 Å². The number of carbonyl (C=O) groups is 1. The van der Waals surface area contributed by atoms with Crippen molar-refractivity contribution in [2.75, 3.05) is 12.3 Å². The Balaban J connectivity index is 2.40. The molecule has 0 aliphatic rings. The fourth-order valence-corrected chi connectivity index (χ4v) is 3.16. The molecule has 5 heteroatoms. The van der Waals surface area contributed by atoms with E-state index in [0.717, 1.165) is 11.3 Å². The van der Waals surface area contributed by atoms with Gasteiger partial charge in [-0.2, -0.15) is 0 Å². The van der Waals surface area contributed by atoms with Crippen molar-refractivity contribution in [3.63, 3.8) is 0 Å². The summed E-state index contributed by atoms with van der Waals surface area (Å²) < 4.78 is 0. The number of thiophene rings is 1. The number of hydrogen-bond acceptors (Lipinski definition) is 4. The van der Waals surface area contributed by atoms with Crippen LogP contribution in [0, 0.1) is 11.8 Å². The highest BCUT2D eigenvalue weighted by Gasteiger charge is 2.06. The maximum absolute atomic E-state index is 11.5. The fourth-order valence-electron chi connectivity index (χ4n) is 1.31. The molecule has 0 atom stereocenters. The topological polar surface area (TPSA) is 55.1 Å². The van der Waals surface area contributed by atoms with Gasteiger partial charge in [0.1, 0.15) is 0 Å². The molecule has 0 aromatic carbocycles. The van der Waals surface area contributed by atoms with Crippen LogP contribution >= 0.6 is 23.1 Å². The van der Waals surface area contributed by atoms with Gasteiger partial charge in [-0.15, -0.1) is 23.1 Å². The molecule has 1 heterocycles. The lowest BCUT2D eigenvalue weighted by molar-refractivity contribution is -0.119. The molecule has 3 N–H and O–H groups in total. The first-order valence-corrected chi connectivity index (χ1v) is 7.79. The minimum Gasteiger partial charge on any atom is -0.353 e. The highest BCUT2D eigenvalue weighted by atomic mass is 32.2. The van der Waals surface area contributed by atoms with Crippen LogP contribution in [-0.4, -0.2) is 24.2 Å². The van der Waals surface area contributed by atoms with Crippen molar-refractivity contribution in [3.8, 4) is 11.8 Å². The van der Waals surface area contributed by atoms with E-state index in [1.165, 1.54) is 4.88 Å². The molecule has 0 saturated heterocycles. The first-order chi connectivity index (χ1) is 8.63. The Morgan fingerprint density at radius 1 is 1.61 bits per heavy atom. The van der Waals surface area contributed by atoms with Crippen LogP contribution in [0.1, 0.15) is 24.3 Å². The second-order valence-corrected chi connectivity index (χ2v) is 5.96. The molecule has 0 unspecified atom stereocenters. The monoisotopic (exact) mass is 282 g/mol. The quantitative estimate of drug-likeness (QED) is 0.810. The summed E-state index contributed by atoms with van der Waals surface area (Å²) in [4.78, 5) is 12.7. The summed E-state index contributed by atoms with van der Waals surface area (Å²) in [6, 6.07) is 2.20. The number of amides is 1. The van der Waals surface area contributed by atoms with E-state index in [2.05, 4.69) is 17.2 Å². The van der Waals surface area contributed by atoms with Gasteiger partial charge in [-0.3, -0.25) is 4.79 Å². The molecule has 18 heavy (non-hydrogen) atoms. The lowest BCUT2D eigenvalue weighted by Crippen LogP contribution is -2.31. The molecule has 1 aromatic rings. The fraction of sp³-hybridized carbons (Fsp3) is 0.462. The Kier molecular flexibility index (Phi) is 6.88. The van der Waals surface area contributed by atoms with E-state index in [-0.39, 0.29) is 11.9 Å². The molecule has 0 aliphatic heterocycles. The van der Waals surface area contributed by atoms with E-state index in [4.69, 9.17) is 5.73 Å². The highest BCUT2D eigenvalue weighted by molar-refractivity contribution is 7.99. The second-order valence-electron chi connectivity index (χ2n) is 3.98. The lowest BCUT2D eigenvalue weighted by atomic mass is 10.3. The molecule has 0 bridgehead atoms. The summed E-state index contributed by atoms with van der Waals surface area (Å²) in [5.74, 6) is 7.28. The first kappa shape index (κ1) is 15.1. The number of rotatable bonds is 5. The SMILES string of the molecule is CC(C)NC(=O)CSCc1sccc1C#CCN. The van der Waals surface area contributed by atoms with Crippen molar-refractivity contribution in [2.24, 2.45) is 5.73 Å². The van der Waals surface area contributed by atoms with Crippen LogP contribution in [0.4, 0.5) is 0 Å². The normalized spacial score (nSPS) is 10.0. The van der Waals surface area contributed by atoms with Crippen molar-refractivity contribution in [3.05, 3.63) is 21.9 Å². The molecule has 0 spiro atoms. The third-order valence-electron chi connectivity index (χ3n) is 1.99. The van der Waals surface area contributed by atoms with E-state index in [9.17, 15) is 4.79 Å². The molecule has 0 saturated carbocycles. The van der Waals surface area contributed by atoms with Gasteiger partial charge >= 0.3 is 0 Å². The lowest BCUT2D eigenvalue weighted by Gasteiger charge is -2.07. The van der Waals surface area contributed by atoms with Crippen LogP contribution in [0.3, 0.4) is 0 Å². The van der Waals surface area contributed by atoms with Gasteiger partial charge in [-0.1, -0.05) is 11.8 Å². The van der Waals surface area contributed by atoms with Crippen LogP contribution in [0.25, 0.3) is 0 Å². The van der Waals surface area contributed by atoms with E-state index >= 15 is 0 Å². The van der Waals surface area contributed by atoms with Gasteiger partial charge in [-0.05, 0) is 25.3 Å². The molecule has 0 radical (unpaired) electrons. The summed E-state index contributed by atoms with van der Waals surface area (Å²) in [5, 5.41) is 4.89. The Morgan fingerprint density at radius 2 is 2.39 bits per heavy atom. The van der Waals surface area contributed by atoms with Crippen molar-refractivity contribution < 1.29 is 4.79 Å². The molecule has 1 amide bonds. The molecule has 3 nitrogen and oxygen atoms in total. The number of carbonyl (C=O) groups excluding carboxylic acids is 1. The number of nitrogens with one attached hydrogen (secondary N) is 1. The summed E-state index contributed by atoms with van der Waals surface area (Å²) in [6.45, 7) is 4.30. The smallest absolute Gasteiger partial charge is 0.230 e. The maximum atomic E-state index is 11.5. The zero-order valence-electron chi connectivity index (χ0n) is 10.7. The van der Waals surface area contributed by atoms with Crippen LogP contribution in [0.5, 0.6) is 0 Å². The molecular weight excluding hydrogens is 264 g/mol.